The van der Waals surface area contributed by atoms with Crippen LogP contribution in [0.4, 0.5) is 4.39 Å². The van der Waals surface area contributed by atoms with Gasteiger partial charge in [-0.25, -0.2) is 4.39 Å². The Bertz CT molecular complexity index is 794. The van der Waals surface area contributed by atoms with Crippen LogP contribution in [0, 0.1) is 5.82 Å². The van der Waals surface area contributed by atoms with Crippen LogP contribution in [0.5, 0.6) is 0 Å². The quantitative estimate of drug-likeness (QED) is 0.434. The first-order valence-electron chi connectivity index (χ1n) is 8.57. The number of aryl methyl sites for hydroxylation is 1. The molecule has 0 fully saturated rings. The van der Waals surface area contributed by atoms with Gasteiger partial charge in [-0.3, -0.25) is 4.98 Å². The van der Waals surface area contributed by atoms with Crippen molar-refractivity contribution in [3.63, 3.8) is 0 Å². The number of benzene rings is 1. The number of unbranched alkanes of at least 4 members (excludes halogenated alkanes) is 3. The third-order valence-corrected chi connectivity index (χ3v) is 5.22. The van der Waals surface area contributed by atoms with Gasteiger partial charge in [0.15, 0.2) is 0 Å². The van der Waals surface area contributed by atoms with Gasteiger partial charge in [0.25, 0.3) is 0 Å². The minimum atomic E-state index is -0.229. The maximum atomic E-state index is 14.0. The summed E-state index contributed by atoms with van der Waals surface area (Å²) in [5.41, 5.74) is 3.77. The molecule has 0 saturated heterocycles. The van der Waals surface area contributed by atoms with Crippen LogP contribution in [0.25, 0.3) is 21.7 Å². The molecule has 1 nitrogen and oxygen atoms in total. The van der Waals surface area contributed by atoms with Crippen LogP contribution in [0.15, 0.2) is 54.0 Å². The first-order valence-corrected chi connectivity index (χ1v) is 9.45. The van der Waals surface area contributed by atoms with Crippen molar-refractivity contribution in [1.29, 1.82) is 0 Å². The second kappa shape index (κ2) is 8.20. The predicted molar refractivity (Wildman–Crippen MR) is 101 cm³/mol. The first kappa shape index (κ1) is 16.8. The highest BCUT2D eigenvalue weighted by Gasteiger charge is 2.10. The average molecular weight is 339 g/mol. The Morgan fingerprint density at radius 2 is 1.92 bits per heavy atom. The number of nitrogens with zero attached hydrogens (tertiary/aromatic N) is 1. The summed E-state index contributed by atoms with van der Waals surface area (Å²) in [6, 6.07) is 13.0. The zero-order chi connectivity index (χ0) is 16.8. The van der Waals surface area contributed by atoms with Crippen molar-refractivity contribution in [2.24, 2.45) is 0 Å². The molecule has 0 bridgehead atoms. The van der Waals surface area contributed by atoms with Crippen LogP contribution in [0.3, 0.4) is 0 Å². The molecule has 2 aromatic heterocycles. The van der Waals surface area contributed by atoms with Crippen LogP contribution in [-0.4, -0.2) is 4.98 Å². The molecule has 1 aromatic carbocycles. The topological polar surface area (TPSA) is 12.9 Å². The summed E-state index contributed by atoms with van der Waals surface area (Å²) in [7, 11) is 0. The second-order valence-corrected chi connectivity index (χ2v) is 6.91. The molecule has 24 heavy (non-hydrogen) atoms. The smallest absolute Gasteiger partial charge is 0.132 e. The summed E-state index contributed by atoms with van der Waals surface area (Å²) < 4.78 is 14.0. The summed E-state index contributed by atoms with van der Waals surface area (Å²) >= 11 is 1.75. The molecule has 0 aliphatic carbocycles. The number of hydrogen-bond acceptors (Lipinski definition) is 2. The largest absolute Gasteiger partial charge is 0.256 e. The minimum absolute atomic E-state index is 0.229. The maximum Gasteiger partial charge on any atom is 0.132 e. The lowest BCUT2D eigenvalue weighted by atomic mass is 10.0. The lowest BCUT2D eigenvalue weighted by Gasteiger charge is -2.07. The van der Waals surface area contributed by atoms with Crippen molar-refractivity contribution >= 4 is 11.3 Å². The van der Waals surface area contributed by atoms with Gasteiger partial charge in [0.2, 0.25) is 0 Å². The molecule has 0 aliphatic rings. The van der Waals surface area contributed by atoms with Gasteiger partial charge in [0.05, 0.1) is 5.69 Å². The molecule has 3 heteroatoms. The van der Waals surface area contributed by atoms with Gasteiger partial charge in [-0.1, -0.05) is 38.3 Å². The Labute approximate surface area is 147 Å². The fraction of sp³-hybridized carbons (Fsp3) is 0.286. The van der Waals surface area contributed by atoms with Crippen molar-refractivity contribution in [1.82, 2.24) is 4.98 Å². The number of rotatable bonds is 7. The SMILES string of the molecule is CCCCCCc1ccsc1-c1ccnc(-c2ccccc2F)c1. The Morgan fingerprint density at radius 3 is 2.75 bits per heavy atom. The molecule has 0 unspecified atom stereocenters. The lowest BCUT2D eigenvalue weighted by molar-refractivity contribution is 0.631. The van der Waals surface area contributed by atoms with E-state index in [1.54, 1.807) is 29.7 Å². The van der Waals surface area contributed by atoms with E-state index in [0.717, 1.165) is 12.0 Å². The Balaban J connectivity index is 1.85. The van der Waals surface area contributed by atoms with Crippen LogP contribution >= 0.6 is 11.3 Å². The number of aromatic nitrogens is 1. The molecule has 0 radical (unpaired) electrons. The van der Waals surface area contributed by atoms with Crippen molar-refractivity contribution in [3.8, 4) is 21.7 Å². The highest BCUT2D eigenvalue weighted by atomic mass is 32.1. The fourth-order valence-corrected chi connectivity index (χ4v) is 3.87. The van der Waals surface area contributed by atoms with Crippen LogP contribution in [0.2, 0.25) is 0 Å². The molecule has 2 heterocycles. The third kappa shape index (κ3) is 3.90. The Hall–Kier alpha value is -2.00. The lowest BCUT2D eigenvalue weighted by Crippen LogP contribution is -1.90. The van der Waals surface area contributed by atoms with Gasteiger partial charge in [-0.15, -0.1) is 11.3 Å². The van der Waals surface area contributed by atoms with Gasteiger partial charge in [0, 0.05) is 16.6 Å². The molecule has 0 amide bonds. The van der Waals surface area contributed by atoms with E-state index < -0.39 is 0 Å². The van der Waals surface area contributed by atoms with E-state index >= 15 is 0 Å². The van der Waals surface area contributed by atoms with Gasteiger partial charge < -0.3 is 0 Å². The number of pyridine rings is 1. The van der Waals surface area contributed by atoms with E-state index in [4.69, 9.17) is 0 Å². The normalized spacial score (nSPS) is 10.9. The van der Waals surface area contributed by atoms with E-state index in [1.165, 1.54) is 42.2 Å². The molecule has 0 N–H and O–H groups in total. The minimum Gasteiger partial charge on any atom is -0.256 e. The summed E-state index contributed by atoms with van der Waals surface area (Å²) in [5, 5.41) is 2.15. The first-order chi connectivity index (χ1) is 11.8. The Kier molecular flexibility index (Phi) is 5.76. The Morgan fingerprint density at radius 1 is 1.04 bits per heavy atom. The van der Waals surface area contributed by atoms with E-state index in [1.807, 2.05) is 18.2 Å². The molecule has 0 atom stereocenters. The zero-order valence-corrected chi connectivity index (χ0v) is 14.8. The van der Waals surface area contributed by atoms with Crippen molar-refractivity contribution in [2.45, 2.75) is 39.0 Å². The van der Waals surface area contributed by atoms with Crippen molar-refractivity contribution < 1.29 is 4.39 Å². The summed E-state index contributed by atoms with van der Waals surface area (Å²) in [5.74, 6) is -0.229. The standard InChI is InChI=1S/C21H22FNS/c1-2-3-4-5-8-16-12-14-24-21(16)17-11-13-23-20(15-17)18-9-6-7-10-19(18)22/h6-7,9-15H,2-5,8H2,1H3. The molecular formula is C21H22FNS. The van der Waals surface area contributed by atoms with E-state index in [-0.39, 0.29) is 5.82 Å². The van der Waals surface area contributed by atoms with Gasteiger partial charge in [-0.05, 0) is 59.7 Å². The fourth-order valence-electron chi connectivity index (χ4n) is 2.92. The van der Waals surface area contributed by atoms with Crippen molar-refractivity contribution in [3.05, 3.63) is 65.4 Å². The number of halogens is 1. The average Bonchev–Trinajstić information content (AvgIpc) is 3.08. The third-order valence-electron chi connectivity index (χ3n) is 4.22. The van der Waals surface area contributed by atoms with Gasteiger partial charge in [-0.2, -0.15) is 0 Å². The van der Waals surface area contributed by atoms with Crippen LogP contribution < -0.4 is 0 Å². The molecule has 3 rings (SSSR count). The molecule has 0 saturated carbocycles. The van der Waals surface area contributed by atoms with Gasteiger partial charge in [0.1, 0.15) is 5.82 Å². The highest BCUT2D eigenvalue weighted by molar-refractivity contribution is 7.13. The second-order valence-electron chi connectivity index (χ2n) is 6.00. The summed E-state index contributed by atoms with van der Waals surface area (Å²) in [6.07, 6.45) is 7.94. The predicted octanol–water partition coefficient (Wildman–Crippen LogP) is 6.74. The van der Waals surface area contributed by atoms with E-state index in [0.29, 0.717) is 11.3 Å². The highest BCUT2D eigenvalue weighted by Crippen LogP contribution is 2.33. The molecule has 3 aromatic rings. The molecule has 0 aliphatic heterocycles. The molecular weight excluding hydrogens is 317 g/mol. The van der Waals surface area contributed by atoms with E-state index in [2.05, 4.69) is 23.4 Å². The van der Waals surface area contributed by atoms with Crippen molar-refractivity contribution in [2.75, 3.05) is 0 Å². The van der Waals surface area contributed by atoms with E-state index in [9.17, 15) is 4.39 Å². The number of thiophene rings is 1. The summed E-state index contributed by atoms with van der Waals surface area (Å²) in [4.78, 5) is 5.64. The molecule has 124 valence electrons. The molecule has 0 spiro atoms. The van der Waals surface area contributed by atoms with Crippen LogP contribution in [-0.2, 0) is 6.42 Å². The van der Waals surface area contributed by atoms with Crippen LogP contribution in [0.1, 0.15) is 38.2 Å². The maximum absolute atomic E-state index is 14.0. The monoisotopic (exact) mass is 339 g/mol. The number of hydrogen-bond donors (Lipinski definition) is 0. The summed E-state index contributed by atoms with van der Waals surface area (Å²) in [6.45, 7) is 2.23. The zero-order valence-electron chi connectivity index (χ0n) is 14.0. The van der Waals surface area contributed by atoms with Gasteiger partial charge >= 0.3 is 0 Å².